The van der Waals surface area contributed by atoms with E-state index in [1.807, 2.05) is 23.1 Å². The number of amides is 1. The van der Waals surface area contributed by atoms with Crippen molar-refractivity contribution in [1.29, 1.82) is 0 Å². The zero-order valence-corrected chi connectivity index (χ0v) is 15.6. The highest BCUT2D eigenvalue weighted by Crippen LogP contribution is 2.25. The summed E-state index contributed by atoms with van der Waals surface area (Å²) in [6.45, 7) is 5.03. The van der Waals surface area contributed by atoms with E-state index in [4.69, 9.17) is 27.9 Å². The lowest BCUT2D eigenvalue weighted by molar-refractivity contribution is -0.133. The number of carbonyl (C=O) groups excluding carboxylic acids is 1. The van der Waals surface area contributed by atoms with Crippen molar-refractivity contribution in [1.82, 2.24) is 4.90 Å². The van der Waals surface area contributed by atoms with Crippen molar-refractivity contribution in [3.8, 4) is 5.75 Å². The fourth-order valence-corrected chi connectivity index (χ4v) is 3.18. The van der Waals surface area contributed by atoms with Crippen LogP contribution in [0.25, 0.3) is 0 Å². The summed E-state index contributed by atoms with van der Waals surface area (Å²) in [5.41, 5.74) is 2.33. The number of hydrogen-bond donors (Lipinski definition) is 0. The second kappa shape index (κ2) is 7.98. The molecule has 0 saturated carbocycles. The Kier molecular flexibility index (Phi) is 5.71. The number of nitrogens with zero attached hydrogens (tertiary/aromatic N) is 2. The molecule has 3 rings (SSSR count). The molecule has 2 aromatic carbocycles. The van der Waals surface area contributed by atoms with E-state index in [-0.39, 0.29) is 12.5 Å². The first-order chi connectivity index (χ1) is 12.0. The summed E-state index contributed by atoms with van der Waals surface area (Å²) in [4.78, 5) is 16.4. The largest absolute Gasteiger partial charge is 0.484 e. The van der Waals surface area contributed by atoms with Crippen LogP contribution in [0.2, 0.25) is 10.0 Å². The highest BCUT2D eigenvalue weighted by Gasteiger charge is 2.22. The van der Waals surface area contributed by atoms with Crippen molar-refractivity contribution in [3.63, 3.8) is 0 Å². The van der Waals surface area contributed by atoms with Crippen molar-refractivity contribution in [2.75, 3.05) is 37.7 Å². The van der Waals surface area contributed by atoms with Crippen molar-refractivity contribution >= 4 is 34.8 Å². The van der Waals surface area contributed by atoms with Gasteiger partial charge in [0.1, 0.15) is 5.75 Å². The molecule has 1 aliphatic rings. The van der Waals surface area contributed by atoms with Crippen molar-refractivity contribution in [3.05, 3.63) is 58.1 Å². The maximum Gasteiger partial charge on any atom is 0.260 e. The number of hydrogen-bond acceptors (Lipinski definition) is 3. The molecular weight excluding hydrogens is 359 g/mol. The molecule has 0 bridgehead atoms. The van der Waals surface area contributed by atoms with E-state index >= 15 is 0 Å². The van der Waals surface area contributed by atoms with Crippen molar-refractivity contribution < 1.29 is 9.53 Å². The molecule has 0 aliphatic carbocycles. The van der Waals surface area contributed by atoms with Gasteiger partial charge in [-0.3, -0.25) is 4.79 Å². The molecule has 0 spiro atoms. The van der Waals surface area contributed by atoms with Gasteiger partial charge in [0.15, 0.2) is 6.61 Å². The average molecular weight is 379 g/mol. The third-order valence-corrected chi connectivity index (χ3v) is 4.81. The molecule has 2 aromatic rings. The maximum absolute atomic E-state index is 12.3. The quantitative estimate of drug-likeness (QED) is 0.804. The van der Waals surface area contributed by atoms with Gasteiger partial charge in [0.25, 0.3) is 5.91 Å². The Balaban J connectivity index is 1.52. The van der Waals surface area contributed by atoms with E-state index in [1.165, 1.54) is 5.56 Å². The number of aryl methyl sites for hydroxylation is 1. The molecule has 0 aromatic heterocycles. The second-order valence-corrected chi connectivity index (χ2v) is 6.91. The van der Waals surface area contributed by atoms with Crippen LogP contribution < -0.4 is 9.64 Å². The van der Waals surface area contributed by atoms with Crippen LogP contribution in [0.15, 0.2) is 42.5 Å². The summed E-state index contributed by atoms with van der Waals surface area (Å²) in [7, 11) is 0. The van der Waals surface area contributed by atoms with E-state index in [0.717, 1.165) is 23.8 Å². The Labute approximate surface area is 157 Å². The van der Waals surface area contributed by atoms with Gasteiger partial charge in [0.2, 0.25) is 0 Å². The highest BCUT2D eigenvalue weighted by molar-refractivity contribution is 6.31. The third kappa shape index (κ3) is 4.59. The van der Waals surface area contributed by atoms with Crippen LogP contribution in [-0.4, -0.2) is 43.6 Å². The first-order valence-electron chi connectivity index (χ1n) is 8.20. The minimum absolute atomic E-state index is 0.00239. The number of piperazine rings is 1. The Bertz CT molecular complexity index is 742. The minimum Gasteiger partial charge on any atom is -0.484 e. The van der Waals surface area contributed by atoms with Gasteiger partial charge in [-0.1, -0.05) is 29.3 Å². The summed E-state index contributed by atoms with van der Waals surface area (Å²) in [5, 5.41) is 1.38. The number of rotatable bonds is 4. The molecule has 1 amide bonds. The van der Waals surface area contributed by atoms with Crippen LogP contribution >= 0.6 is 23.2 Å². The zero-order chi connectivity index (χ0) is 17.8. The molecule has 1 heterocycles. The lowest BCUT2D eigenvalue weighted by Crippen LogP contribution is -2.50. The smallest absolute Gasteiger partial charge is 0.260 e. The summed E-state index contributed by atoms with van der Waals surface area (Å²) >= 11 is 11.9. The van der Waals surface area contributed by atoms with Gasteiger partial charge in [-0.15, -0.1) is 0 Å². The van der Waals surface area contributed by atoms with Crippen LogP contribution in [0, 0.1) is 6.92 Å². The lowest BCUT2D eigenvalue weighted by atomic mass is 10.1. The number of ether oxygens (including phenoxy) is 1. The molecule has 6 heteroatoms. The van der Waals surface area contributed by atoms with E-state index in [1.54, 1.807) is 24.3 Å². The Morgan fingerprint density at radius 3 is 2.32 bits per heavy atom. The van der Waals surface area contributed by atoms with Crippen LogP contribution in [0.3, 0.4) is 0 Å². The molecule has 25 heavy (non-hydrogen) atoms. The number of halogens is 2. The van der Waals surface area contributed by atoms with Gasteiger partial charge in [0.05, 0.1) is 0 Å². The molecule has 0 radical (unpaired) electrons. The zero-order valence-electron chi connectivity index (χ0n) is 14.0. The van der Waals surface area contributed by atoms with Gasteiger partial charge >= 0.3 is 0 Å². The summed E-state index contributed by atoms with van der Waals surface area (Å²) < 4.78 is 5.54. The first-order valence-corrected chi connectivity index (χ1v) is 8.96. The van der Waals surface area contributed by atoms with Crippen LogP contribution in [-0.2, 0) is 4.79 Å². The topological polar surface area (TPSA) is 32.8 Å². The van der Waals surface area contributed by atoms with Crippen LogP contribution in [0.5, 0.6) is 5.75 Å². The molecule has 1 saturated heterocycles. The molecule has 0 atom stereocenters. The third-order valence-electron chi connectivity index (χ3n) is 4.32. The molecule has 1 aliphatic heterocycles. The normalized spacial score (nSPS) is 14.5. The maximum atomic E-state index is 12.3. The van der Waals surface area contributed by atoms with E-state index in [0.29, 0.717) is 23.9 Å². The summed E-state index contributed by atoms with van der Waals surface area (Å²) in [6, 6.07) is 12.9. The first kappa shape index (κ1) is 17.9. The van der Waals surface area contributed by atoms with Crippen LogP contribution in [0.1, 0.15) is 5.56 Å². The average Bonchev–Trinajstić information content (AvgIpc) is 2.63. The van der Waals surface area contributed by atoms with E-state index in [9.17, 15) is 4.79 Å². The standard InChI is InChI=1S/C19H20Cl2N2O2/c1-14-2-3-16(21)12-18(14)22-8-10-23(11-9-22)19(24)13-25-17-6-4-15(20)5-7-17/h2-7,12H,8-11,13H2,1H3. The molecular formula is C19H20Cl2N2O2. The Hall–Kier alpha value is -1.91. The fraction of sp³-hybridized carbons (Fsp3) is 0.316. The van der Waals surface area contributed by atoms with Gasteiger partial charge in [-0.05, 0) is 48.9 Å². The van der Waals surface area contributed by atoms with Gasteiger partial charge in [0, 0.05) is 41.9 Å². The number of carbonyl (C=O) groups is 1. The van der Waals surface area contributed by atoms with Gasteiger partial charge in [-0.25, -0.2) is 0 Å². The molecule has 4 nitrogen and oxygen atoms in total. The molecule has 0 unspecified atom stereocenters. The SMILES string of the molecule is Cc1ccc(Cl)cc1N1CCN(C(=O)COc2ccc(Cl)cc2)CC1. The molecule has 1 fully saturated rings. The Morgan fingerprint density at radius 2 is 1.64 bits per heavy atom. The van der Waals surface area contributed by atoms with Crippen molar-refractivity contribution in [2.45, 2.75) is 6.92 Å². The monoisotopic (exact) mass is 378 g/mol. The predicted molar refractivity (Wildman–Crippen MR) is 102 cm³/mol. The van der Waals surface area contributed by atoms with E-state index < -0.39 is 0 Å². The number of anilines is 1. The van der Waals surface area contributed by atoms with Crippen LogP contribution in [0.4, 0.5) is 5.69 Å². The molecule has 0 N–H and O–H groups in total. The second-order valence-electron chi connectivity index (χ2n) is 6.04. The van der Waals surface area contributed by atoms with Gasteiger partial charge in [-0.2, -0.15) is 0 Å². The summed E-state index contributed by atoms with van der Waals surface area (Å²) in [6.07, 6.45) is 0. The highest BCUT2D eigenvalue weighted by atomic mass is 35.5. The van der Waals surface area contributed by atoms with E-state index in [2.05, 4.69) is 11.8 Å². The lowest BCUT2D eigenvalue weighted by Gasteiger charge is -2.36. The minimum atomic E-state index is -0.00239. The summed E-state index contributed by atoms with van der Waals surface area (Å²) in [5.74, 6) is 0.642. The fourth-order valence-electron chi connectivity index (χ4n) is 2.89. The Morgan fingerprint density at radius 1 is 1.00 bits per heavy atom. The molecule has 132 valence electrons. The predicted octanol–water partition coefficient (Wildman–Crippen LogP) is 4.03. The number of benzene rings is 2. The van der Waals surface area contributed by atoms with Crippen molar-refractivity contribution in [2.24, 2.45) is 0 Å². The van der Waals surface area contributed by atoms with Gasteiger partial charge < -0.3 is 14.5 Å².